The summed E-state index contributed by atoms with van der Waals surface area (Å²) < 4.78 is 14.6. The molecular weight excluding hydrogens is 536 g/mol. The maximum atomic E-state index is 10.6. The quantitative estimate of drug-likeness (QED) is 0.257. The summed E-state index contributed by atoms with van der Waals surface area (Å²) in [7, 11) is 0. The van der Waals surface area contributed by atoms with E-state index in [2.05, 4.69) is 32.4 Å². The number of ether oxygens (including phenoxy) is 2. The van der Waals surface area contributed by atoms with Crippen LogP contribution in [0, 0.1) is 0 Å². The molecule has 2 aromatic carbocycles. The van der Waals surface area contributed by atoms with Gasteiger partial charge in [0.25, 0.3) is 0 Å². The minimum Gasteiger partial charge on any atom is -0.457 e. The number of hydrogen-bond donors (Lipinski definition) is 2. The molecule has 3 aromatic heterocycles. The van der Waals surface area contributed by atoms with Crippen molar-refractivity contribution in [2.45, 2.75) is 32.5 Å². The largest absolute Gasteiger partial charge is 0.457 e. The van der Waals surface area contributed by atoms with Crippen LogP contribution in [-0.2, 0) is 17.7 Å². The SMILES string of the molecule is C.O[C@H]1Cc2ccccc2[C@H]1Nc1nc2ccc(Oc3ccnc(-c4cnn(CCN5CCOCC5)c4)c3)cc2s1. The first-order valence-electron chi connectivity index (χ1n) is 13.6. The number of thiazole rings is 1. The molecule has 1 aliphatic heterocycles. The van der Waals surface area contributed by atoms with Crippen molar-refractivity contribution >= 4 is 26.7 Å². The summed E-state index contributed by atoms with van der Waals surface area (Å²) in [5.74, 6) is 1.44. The Kier molecular flexibility index (Phi) is 7.97. The fourth-order valence-electron chi connectivity index (χ4n) is 5.37. The monoisotopic (exact) mass is 570 g/mol. The Morgan fingerprint density at radius 1 is 1.05 bits per heavy atom. The van der Waals surface area contributed by atoms with E-state index in [9.17, 15) is 5.11 Å². The summed E-state index contributed by atoms with van der Waals surface area (Å²) in [6.45, 7) is 5.32. The van der Waals surface area contributed by atoms with Crippen LogP contribution < -0.4 is 10.1 Å². The average Bonchev–Trinajstić information content (AvgIpc) is 3.70. The zero-order chi connectivity index (χ0) is 26.9. The smallest absolute Gasteiger partial charge is 0.184 e. The van der Waals surface area contributed by atoms with Gasteiger partial charge in [-0.3, -0.25) is 14.6 Å². The summed E-state index contributed by atoms with van der Waals surface area (Å²) in [6.07, 6.45) is 5.82. The van der Waals surface area contributed by atoms with Crippen LogP contribution in [0.4, 0.5) is 5.13 Å². The highest BCUT2D eigenvalue weighted by atomic mass is 32.1. The molecule has 1 fully saturated rings. The van der Waals surface area contributed by atoms with Crippen molar-refractivity contribution in [3.05, 3.63) is 84.3 Å². The van der Waals surface area contributed by atoms with Crippen molar-refractivity contribution in [3.8, 4) is 22.8 Å². The van der Waals surface area contributed by atoms with Gasteiger partial charge in [0.05, 0.1) is 54.0 Å². The predicted molar refractivity (Wildman–Crippen MR) is 162 cm³/mol. The standard InChI is InChI=1S/C30H30N6O3S.CH4/c37-27-15-20-3-1-2-4-24(20)29(27)34-30-33-25-6-5-22(17-28(25)40-30)39-23-7-8-31-26(16-23)21-18-32-36(19-21)10-9-35-11-13-38-14-12-35;/h1-8,16-19,27,29,37H,9-15H2,(H,33,34);1H4/t27-,29+;/m0./s1. The van der Waals surface area contributed by atoms with Gasteiger partial charge in [0.1, 0.15) is 11.5 Å². The predicted octanol–water partition coefficient (Wildman–Crippen LogP) is 5.39. The van der Waals surface area contributed by atoms with E-state index in [4.69, 9.17) is 14.5 Å². The number of nitrogens with zero attached hydrogens (tertiary/aromatic N) is 5. The lowest BCUT2D eigenvalue weighted by Gasteiger charge is -2.26. The zero-order valence-electron chi connectivity index (χ0n) is 21.9. The second kappa shape index (κ2) is 12.0. The van der Waals surface area contributed by atoms with Gasteiger partial charge >= 0.3 is 0 Å². The van der Waals surface area contributed by atoms with Gasteiger partial charge in [0.15, 0.2) is 5.13 Å². The van der Waals surface area contributed by atoms with E-state index in [0.717, 1.165) is 77.3 Å². The number of aliphatic hydroxyl groups is 1. The first-order chi connectivity index (χ1) is 19.7. The topological polar surface area (TPSA) is 97.6 Å². The third-order valence-corrected chi connectivity index (χ3v) is 8.44. The number of morpholine rings is 1. The molecule has 0 spiro atoms. The number of aromatic nitrogens is 4. The Morgan fingerprint density at radius 3 is 2.80 bits per heavy atom. The Hall–Kier alpha value is -3.83. The van der Waals surface area contributed by atoms with Crippen molar-refractivity contribution < 1.29 is 14.6 Å². The Bertz CT molecular complexity index is 1630. The molecule has 2 N–H and O–H groups in total. The Morgan fingerprint density at radius 2 is 1.90 bits per heavy atom. The molecule has 212 valence electrons. The van der Waals surface area contributed by atoms with Crippen molar-refractivity contribution in [2.75, 3.05) is 38.2 Å². The molecule has 0 amide bonds. The third-order valence-electron chi connectivity index (χ3n) is 7.49. The maximum absolute atomic E-state index is 10.6. The van der Waals surface area contributed by atoms with E-state index < -0.39 is 6.10 Å². The fourth-order valence-corrected chi connectivity index (χ4v) is 6.30. The molecule has 4 heterocycles. The number of fused-ring (bicyclic) bond motifs is 2. The summed E-state index contributed by atoms with van der Waals surface area (Å²) in [6, 6.07) is 17.7. The number of rotatable bonds is 8. The molecule has 5 aromatic rings. The Labute approximate surface area is 243 Å². The van der Waals surface area contributed by atoms with Crippen molar-refractivity contribution in [1.29, 1.82) is 0 Å². The molecule has 1 saturated heterocycles. The van der Waals surface area contributed by atoms with Gasteiger partial charge in [-0.15, -0.1) is 0 Å². The number of aliphatic hydroxyl groups excluding tert-OH is 1. The summed E-state index contributed by atoms with van der Waals surface area (Å²) in [5, 5.41) is 19.4. The molecule has 0 unspecified atom stereocenters. The fraction of sp³-hybridized carbons (Fsp3) is 0.323. The first-order valence-corrected chi connectivity index (χ1v) is 14.4. The van der Waals surface area contributed by atoms with E-state index in [1.165, 1.54) is 5.56 Å². The van der Waals surface area contributed by atoms with Crippen molar-refractivity contribution in [2.24, 2.45) is 0 Å². The van der Waals surface area contributed by atoms with E-state index in [1.807, 2.05) is 59.5 Å². The number of benzene rings is 2. The number of pyridine rings is 1. The van der Waals surface area contributed by atoms with Crippen LogP contribution in [0.3, 0.4) is 0 Å². The molecule has 7 rings (SSSR count). The van der Waals surface area contributed by atoms with Gasteiger partial charge in [-0.2, -0.15) is 5.10 Å². The highest BCUT2D eigenvalue weighted by molar-refractivity contribution is 7.22. The van der Waals surface area contributed by atoms with Crippen LogP contribution in [0.15, 0.2) is 73.2 Å². The second-order valence-corrected chi connectivity index (χ2v) is 11.2. The normalized spacial score (nSPS) is 18.7. The summed E-state index contributed by atoms with van der Waals surface area (Å²) in [5.41, 5.74) is 4.98. The van der Waals surface area contributed by atoms with E-state index in [0.29, 0.717) is 12.2 Å². The minimum absolute atomic E-state index is 0. The van der Waals surface area contributed by atoms with Gasteiger partial charge in [-0.25, -0.2) is 4.98 Å². The number of anilines is 1. The molecule has 2 atom stereocenters. The number of hydrogen-bond acceptors (Lipinski definition) is 9. The van der Waals surface area contributed by atoms with Gasteiger partial charge in [-0.05, 0) is 29.3 Å². The molecule has 0 radical (unpaired) electrons. The van der Waals surface area contributed by atoms with Gasteiger partial charge in [0, 0.05) is 56.1 Å². The Balaban J connectivity index is 0.00000302. The van der Waals surface area contributed by atoms with Crippen LogP contribution in [0.1, 0.15) is 24.6 Å². The minimum atomic E-state index is -0.471. The van der Waals surface area contributed by atoms with Gasteiger partial charge in [-0.1, -0.05) is 43.0 Å². The molecule has 10 heteroatoms. The maximum Gasteiger partial charge on any atom is 0.184 e. The van der Waals surface area contributed by atoms with E-state index in [-0.39, 0.29) is 13.5 Å². The zero-order valence-corrected chi connectivity index (χ0v) is 22.8. The molecule has 2 aliphatic rings. The van der Waals surface area contributed by atoms with Crippen LogP contribution in [-0.4, -0.2) is 68.7 Å². The van der Waals surface area contributed by atoms with Crippen LogP contribution >= 0.6 is 11.3 Å². The van der Waals surface area contributed by atoms with Crippen LogP contribution in [0.25, 0.3) is 21.5 Å². The van der Waals surface area contributed by atoms with Crippen LogP contribution in [0.5, 0.6) is 11.5 Å². The van der Waals surface area contributed by atoms with E-state index >= 15 is 0 Å². The van der Waals surface area contributed by atoms with E-state index in [1.54, 1.807) is 17.5 Å². The lowest BCUT2D eigenvalue weighted by Crippen LogP contribution is -2.38. The van der Waals surface area contributed by atoms with Crippen LogP contribution in [0.2, 0.25) is 0 Å². The summed E-state index contributed by atoms with van der Waals surface area (Å²) in [4.78, 5) is 11.7. The van der Waals surface area contributed by atoms with Gasteiger partial charge < -0.3 is 19.9 Å². The van der Waals surface area contributed by atoms with Crippen molar-refractivity contribution in [1.82, 2.24) is 24.6 Å². The average molecular weight is 571 g/mol. The summed E-state index contributed by atoms with van der Waals surface area (Å²) >= 11 is 1.56. The molecule has 9 nitrogen and oxygen atoms in total. The molecule has 41 heavy (non-hydrogen) atoms. The van der Waals surface area contributed by atoms with Gasteiger partial charge in [0.2, 0.25) is 0 Å². The third kappa shape index (κ3) is 5.96. The highest BCUT2D eigenvalue weighted by Crippen LogP contribution is 2.37. The first kappa shape index (κ1) is 27.3. The molecule has 0 bridgehead atoms. The molecule has 1 aliphatic carbocycles. The lowest BCUT2D eigenvalue weighted by molar-refractivity contribution is 0.0360. The second-order valence-electron chi connectivity index (χ2n) is 10.2. The van der Waals surface area contributed by atoms with Crippen molar-refractivity contribution in [3.63, 3.8) is 0 Å². The molecular formula is C31H34N6O3S. The highest BCUT2D eigenvalue weighted by Gasteiger charge is 2.31. The molecule has 0 saturated carbocycles. The number of nitrogens with one attached hydrogen (secondary N) is 1. The lowest BCUT2D eigenvalue weighted by atomic mass is 10.1.